The van der Waals surface area contributed by atoms with E-state index in [0.29, 0.717) is 5.75 Å². The maximum absolute atomic E-state index is 12.4. The smallest absolute Gasteiger partial charge is 0.321 e. The number of nitrogens with one attached hydrogen (secondary N) is 1. The molecule has 0 saturated carbocycles. The molecule has 2 atom stereocenters. The number of nitrogens with zero attached hydrogens (tertiary/aromatic N) is 1. The highest BCUT2D eigenvalue weighted by molar-refractivity contribution is 7.84. The summed E-state index contributed by atoms with van der Waals surface area (Å²) >= 11 is 0. The first-order valence-corrected chi connectivity index (χ1v) is 9.73. The van der Waals surface area contributed by atoms with Crippen molar-refractivity contribution < 1.29 is 9.00 Å². The number of carbonyl (C=O) groups is 1. The van der Waals surface area contributed by atoms with Crippen molar-refractivity contribution in [2.45, 2.75) is 19.4 Å². The van der Waals surface area contributed by atoms with Crippen LogP contribution in [-0.2, 0) is 17.2 Å². The zero-order valence-corrected chi connectivity index (χ0v) is 15.0. The van der Waals surface area contributed by atoms with Crippen molar-refractivity contribution in [2.24, 2.45) is 0 Å². The van der Waals surface area contributed by atoms with E-state index < -0.39 is 10.8 Å². The standard InChI is InChI=1S/C19H22N2O2S/c1-13(12-24(3)23)21(2)19(22)20-16-8-9-18-15(11-16)10-14-6-4-5-7-17(14)18/h4-9,11,13H,10,12H2,1-3H3,(H,20,22)/t13-,24+/m1/s1. The van der Waals surface area contributed by atoms with Crippen LogP contribution in [0.3, 0.4) is 0 Å². The number of benzene rings is 2. The largest absolute Gasteiger partial charge is 0.324 e. The molecule has 0 fully saturated rings. The second-order valence-corrected chi connectivity index (χ2v) is 7.82. The first kappa shape index (κ1) is 16.7. The Morgan fingerprint density at radius 3 is 2.67 bits per heavy atom. The van der Waals surface area contributed by atoms with Gasteiger partial charge in [0.15, 0.2) is 0 Å². The highest BCUT2D eigenvalue weighted by Gasteiger charge is 2.20. The van der Waals surface area contributed by atoms with Crippen LogP contribution < -0.4 is 5.32 Å². The molecule has 0 unspecified atom stereocenters. The molecule has 2 amide bonds. The Bertz CT molecular complexity index is 804. The van der Waals surface area contributed by atoms with E-state index in [-0.39, 0.29) is 12.1 Å². The number of anilines is 1. The molecule has 4 nitrogen and oxygen atoms in total. The van der Waals surface area contributed by atoms with Crippen LogP contribution in [0.2, 0.25) is 0 Å². The molecule has 0 aliphatic heterocycles. The fourth-order valence-electron chi connectivity index (χ4n) is 3.09. The molecule has 2 aromatic carbocycles. The van der Waals surface area contributed by atoms with Gasteiger partial charge in [0.2, 0.25) is 0 Å². The van der Waals surface area contributed by atoms with E-state index in [9.17, 15) is 9.00 Å². The molecule has 0 saturated heterocycles. The third kappa shape index (κ3) is 3.36. The summed E-state index contributed by atoms with van der Waals surface area (Å²) in [7, 11) is 0.809. The molecule has 0 bridgehead atoms. The minimum Gasteiger partial charge on any atom is -0.324 e. The lowest BCUT2D eigenvalue weighted by Crippen LogP contribution is -2.40. The number of rotatable bonds is 4. The van der Waals surface area contributed by atoms with E-state index in [1.165, 1.54) is 22.3 Å². The lowest BCUT2D eigenvalue weighted by molar-refractivity contribution is 0.212. The average molecular weight is 342 g/mol. The first-order chi connectivity index (χ1) is 11.5. The van der Waals surface area contributed by atoms with Gasteiger partial charge in [-0.1, -0.05) is 30.3 Å². The predicted molar refractivity (Wildman–Crippen MR) is 99.9 cm³/mol. The second kappa shape index (κ2) is 6.77. The Balaban J connectivity index is 1.72. The summed E-state index contributed by atoms with van der Waals surface area (Å²) in [6.45, 7) is 1.90. The maximum Gasteiger partial charge on any atom is 0.321 e. The lowest BCUT2D eigenvalue weighted by atomic mass is 10.1. The quantitative estimate of drug-likeness (QED) is 0.789. The number of fused-ring (bicyclic) bond motifs is 3. The highest BCUT2D eigenvalue weighted by Crippen LogP contribution is 2.37. The molecule has 5 heteroatoms. The minimum absolute atomic E-state index is 0.0745. The second-order valence-electron chi connectivity index (χ2n) is 6.34. The molecule has 126 valence electrons. The fraction of sp³-hybridized carbons (Fsp3) is 0.316. The van der Waals surface area contributed by atoms with Crippen molar-refractivity contribution in [3.8, 4) is 11.1 Å². The van der Waals surface area contributed by atoms with Gasteiger partial charge in [-0.15, -0.1) is 0 Å². The molecule has 2 aromatic rings. The number of hydrogen-bond donors (Lipinski definition) is 1. The predicted octanol–water partition coefficient (Wildman–Crippen LogP) is 3.49. The van der Waals surface area contributed by atoms with E-state index in [1.807, 2.05) is 19.1 Å². The molecule has 24 heavy (non-hydrogen) atoms. The van der Waals surface area contributed by atoms with Crippen LogP contribution in [0.25, 0.3) is 11.1 Å². The average Bonchev–Trinajstić information content (AvgIpc) is 2.91. The van der Waals surface area contributed by atoms with Gasteiger partial charge in [0.1, 0.15) is 0 Å². The first-order valence-electron chi connectivity index (χ1n) is 8.00. The van der Waals surface area contributed by atoms with Crippen LogP contribution in [0.4, 0.5) is 10.5 Å². The Kier molecular flexibility index (Phi) is 4.71. The molecule has 1 aliphatic carbocycles. The molecule has 3 rings (SSSR count). The van der Waals surface area contributed by atoms with Gasteiger partial charge in [0.05, 0.1) is 0 Å². The summed E-state index contributed by atoms with van der Waals surface area (Å²) in [6, 6.07) is 14.2. The summed E-state index contributed by atoms with van der Waals surface area (Å²) in [6.07, 6.45) is 2.55. The summed E-state index contributed by atoms with van der Waals surface area (Å²) in [5.41, 5.74) is 5.88. The van der Waals surface area contributed by atoms with Gasteiger partial charge in [0.25, 0.3) is 0 Å². The van der Waals surface area contributed by atoms with Crippen LogP contribution in [-0.4, -0.2) is 40.2 Å². The van der Waals surface area contributed by atoms with Gasteiger partial charge in [-0.05, 0) is 47.7 Å². The summed E-state index contributed by atoms with van der Waals surface area (Å²) in [5.74, 6) is 0.476. The molecule has 1 aliphatic rings. The highest BCUT2D eigenvalue weighted by atomic mass is 32.2. The monoisotopic (exact) mass is 342 g/mol. The van der Waals surface area contributed by atoms with Crippen LogP contribution in [0.1, 0.15) is 18.1 Å². The Morgan fingerprint density at radius 1 is 1.21 bits per heavy atom. The maximum atomic E-state index is 12.4. The molecular formula is C19H22N2O2S. The SMILES string of the molecule is C[C@H](C[S@](C)=O)N(C)C(=O)Nc1ccc2c(c1)Cc1ccccc1-2. The normalized spacial score (nSPS) is 14.5. The van der Waals surface area contributed by atoms with Crippen molar-refractivity contribution >= 4 is 22.5 Å². The van der Waals surface area contributed by atoms with Gasteiger partial charge < -0.3 is 10.2 Å². The third-order valence-corrected chi connectivity index (χ3v) is 5.45. The van der Waals surface area contributed by atoms with Crippen molar-refractivity contribution in [3.05, 3.63) is 53.6 Å². The fourth-order valence-corrected chi connectivity index (χ4v) is 3.99. The summed E-state index contributed by atoms with van der Waals surface area (Å²) in [5, 5.41) is 2.94. The number of hydrogen-bond acceptors (Lipinski definition) is 2. The van der Waals surface area contributed by atoms with Crippen LogP contribution in [0.15, 0.2) is 42.5 Å². The van der Waals surface area contributed by atoms with Crippen LogP contribution >= 0.6 is 0 Å². The van der Waals surface area contributed by atoms with Crippen molar-refractivity contribution in [3.63, 3.8) is 0 Å². The van der Waals surface area contributed by atoms with Crippen LogP contribution in [0, 0.1) is 0 Å². The van der Waals surface area contributed by atoms with Gasteiger partial charge in [0, 0.05) is 41.6 Å². The summed E-state index contributed by atoms with van der Waals surface area (Å²) in [4.78, 5) is 14.0. The Labute approximate surface area is 145 Å². The molecule has 1 N–H and O–H groups in total. The van der Waals surface area contributed by atoms with Crippen molar-refractivity contribution in [1.82, 2.24) is 4.90 Å². The van der Waals surface area contributed by atoms with E-state index in [0.717, 1.165) is 12.1 Å². The lowest BCUT2D eigenvalue weighted by Gasteiger charge is -2.24. The Hall–Kier alpha value is -2.14. The molecular weight excluding hydrogens is 320 g/mol. The Morgan fingerprint density at radius 2 is 1.92 bits per heavy atom. The molecule has 0 aromatic heterocycles. The minimum atomic E-state index is -0.924. The topological polar surface area (TPSA) is 49.4 Å². The third-order valence-electron chi connectivity index (χ3n) is 4.50. The van der Waals surface area contributed by atoms with E-state index in [2.05, 4.69) is 35.6 Å². The van der Waals surface area contributed by atoms with Crippen molar-refractivity contribution in [2.75, 3.05) is 24.4 Å². The van der Waals surface area contributed by atoms with Crippen molar-refractivity contribution in [1.29, 1.82) is 0 Å². The van der Waals surface area contributed by atoms with E-state index >= 15 is 0 Å². The molecule has 0 radical (unpaired) electrons. The summed E-state index contributed by atoms with van der Waals surface area (Å²) < 4.78 is 11.3. The van der Waals surface area contributed by atoms with E-state index in [4.69, 9.17) is 0 Å². The number of carbonyl (C=O) groups excluding carboxylic acids is 1. The van der Waals surface area contributed by atoms with Gasteiger partial charge in [-0.3, -0.25) is 4.21 Å². The van der Waals surface area contributed by atoms with Gasteiger partial charge in [-0.25, -0.2) is 4.79 Å². The molecule has 0 spiro atoms. The van der Waals surface area contributed by atoms with Gasteiger partial charge in [-0.2, -0.15) is 0 Å². The van der Waals surface area contributed by atoms with Gasteiger partial charge >= 0.3 is 6.03 Å². The zero-order chi connectivity index (χ0) is 17.3. The zero-order valence-electron chi connectivity index (χ0n) is 14.2. The number of amides is 2. The van der Waals surface area contributed by atoms with E-state index in [1.54, 1.807) is 18.2 Å². The number of urea groups is 1. The molecule has 0 heterocycles. The van der Waals surface area contributed by atoms with Crippen LogP contribution in [0.5, 0.6) is 0 Å².